The molecule has 0 aliphatic rings. The summed E-state index contributed by atoms with van der Waals surface area (Å²) in [5, 5.41) is 0.357. The average molecular weight is 328 g/mol. The highest BCUT2D eigenvalue weighted by molar-refractivity contribution is 8.13. The molecule has 0 fully saturated rings. The Morgan fingerprint density at radius 1 is 1.41 bits per heavy atom. The van der Waals surface area contributed by atoms with Crippen LogP contribution in [0.2, 0.25) is 0 Å². The van der Waals surface area contributed by atoms with E-state index in [-0.39, 0.29) is 0 Å². The molecule has 2 nitrogen and oxygen atoms in total. The van der Waals surface area contributed by atoms with Gasteiger partial charge in [0, 0.05) is 17.6 Å². The molecule has 0 aliphatic carbocycles. The molecule has 22 heavy (non-hydrogen) atoms. The summed E-state index contributed by atoms with van der Waals surface area (Å²) < 4.78 is 38.7. The van der Waals surface area contributed by atoms with E-state index in [0.29, 0.717) is 16.4 Å². The normalized spacial score (nSPS) is 13.4. The molecule has 0 N–H and O–H groups in total. The van der Waals surface area contributed by atoms with E-state index in [9.17, 15) is 13.2 Å². The number of aromatic nitrogens is 1. The van der Waals surface area contributed by atoms with Crippen LogP contribution in [0.5, 0.6) is 0 Å². The molecule has 0 saturated carbocycles. The Morgan fingerprint density at radius 2 is 2.09 bits per heavy atom. The molecule has 0 spiro atoms. The van der Waals surface area contributed by atoms with Gasteiger partial charge in [-0.05, 0) is 38.0 Å². The number of hydrogen-bond acceptors (Lipinski definition) is 3. The van der Waals surface area contributed by atoms with Crippen molar-refractivity contribution in [2.24, 2.45) is 4.99 Å². The van der Waals surface area contributed by atoms with Crippen molar-refractivity contribution in [2.45, 2.75) is 39.1 Å². The Hall–Kier alpha value is -1.56. The minimum Gasteiger partial charge on any atom is -0.261 e. The van der Waals surface area contributed by atoms with Gasteiger partial charge >= 0.3 is 6.18 Å². The van der Waals surface area contributed by atoms with Crippen molar-refractivity contribution in [1.29, 1.82) is 0 Å². The van der Waals surface area contributed by atoms with Crippen molar-refractivity contribution in [1.82, 2.24) is 4.98 Å². The molecule has 120 valence electrons. The summed E-state index contributed by atoms with van der Waals surface area (Å²) in [6, 6.07) is 3.75. The van der Waals surface area contributed by atoms with Crippen LogP contribution in [0.3, 0.4) is 0 Å². The van der Waals surface area contributed by atoms with E-state index < -0.39 is 11.9 Å². The lowest BCUT2D eigenvalue weighted by molar-refractivity contribution is -0.0923. The fraction of sp³-hybridized carbons (Fsp3) is 0.375. The maximum Gasteiger partial charge on any atom is 0.433 e. The molecule has 0 aliphatic heterocycles. The number of nitrogens with zero attached hydrogens (tertiary/aromatic N) is 2. The first-order valence-corrected chi connectivity index (χ1v) is 7.77. The highest BCUT2D eigenvalue weighted by Crippen LogP contribution is 2.29. The lowest BCUT2D eigenvalue weighted by atomic mass is 10.2. The summed E-state index contributed by atoms with van der Waals surface area (Å²) in [6.45, 7) is 8.55. The van der Waals surface area contributed by atoms with Crippen molar-refractivity contribution in [3.8, 4) is 0 Å². The Kier molecular flexibility index (Phi) is 6.87. The number of pyridine rings is 1. The third-order valence-electron chi connectivity index (χ3n) is 2.71. The van der Waals surface area contributed by atoms with Gasteiger partial charge in [0.05, 0.1) is 5.04 Å². The van der Waals surface area contributed by atoms with E-state index >= 15 is 0 Å². The summed E-state index contributed by atoms with van der Waals surface area (Å²) in [5.74, 6) is 0.546. The quantitative estimate of drug-likeness (QED) is 0.415. The van der Waals surface area contributed by atoms with Crippen LogP contribution in [0, 0.1) is 0 Å². The van der Waals surface area contributed by atoms with Crippen LogP contribution >= 0.6 is 11.8 Å². The van der Waals surface area contributed by atoms with E-state index in [2.05, 4.69) is 16.6 Å². The Morgan fingerprint density at radius 3 is 2.64 bits per heavy atom. The van der Waals surface area contributed by atoms with Crippen LogP contribution in [0.1, 0.15) is 32.0 Å². The number of thioether (sulfide) groups is 1. The maximum atomic E-state index is 12.9. The van der Waals surface area contributed by atoms with Crippen LogP contribution in [0.25, 0.3) is 0 Å². The molecule has 0 amide bonds. The molecule has 1 aromatic heterocycles. The fourth-order valence-corrected chi connectivity index (χ4v) is 2.51. The second-order valence-electron chi connectivity index (χ2n) is 4.76. The van der Waals surface area contributed by atoms with E-state index in [0.717, 1.165) is 23.8 Å². The number of allylic oxidation sites excluding steroid dienone is 3. The molecular formula is C16H19F3N2S. The highest BCUT2D eigenvalue weighted by atomic mass is 32.2. The minimum atomic E-state index is -4.48. The number of alkyl halides is 3. The predicted molar refractivity (Wildman–Crippen MR) is 87.0 cm³/mol. The standard InChI is InChI=1S/C16H19F3N2S/c1-5-14-13(7-6-8-20-14)10-22-12(4)21-15(9-11(2)3)16(17,18)19/h6-9H,2,5,10H2,1,3-4H3/b15-9-,21-12?. The van der Waals surface area contributed by atoms with Crippen LogP contribution in [-0.4, -0.2) is 16.2 Å². The number of rotatable bonds is 5. The number of aryl methyl sites for hydroxylation is 1. The summed E-state index contributed by atoms with van der Waals surface area (Å²) in [4.78, 5) is 7.95. The average Bonchev–Trinajstić information content (AvgIpc) is 2.43. The molecule has 0 atom stereocenters. The molecule has 1 rings (SSSR count). The predicted octanol–water partition coefficient (Wildman–Crippen LogP) is 5.32. The monoisotopic (exact) mass is 328 g/mol. The lowest BCUT2D eigenvalue weighted by Gasteiger charge is -2.10. The van der Waals surface area contributed by atoms with Gasteiger partial charge in [0.1, 0.15) is 5.70 Å². The Balaban J connectivity index is 2.86. The zero-order chi connectivity index (χ0) is 16.8. The van der Waals surface area contributed by atoms with E-state index in [1.165, 1.54) is 18.7 Å². The summed E-state index contributed by atoms with van der Waals surface area (Å²) in [5.41, 5.74) is 1.36. The second kappa shape index (κ2) is 8.17. The van der Waals surface area contributed by atoms with Gasteiger partial charge in [0.2, 0.25) is 0 Å². The third kappa shape index (κ3) is 6.05. The molecule has 1 aromatic rings. The Bertz CT molecular complexity index is 589. The van der Waals surface area contributed by atoms with Crippen molar-refractivity contribution in [3.05, 3.63) is 53.5 Å². The van der Waals surface area contributed by atoms with Crippen LogP contribution in [-0.2, 0) is 12.2 Å². The molecule has 1 heterocycles. The molecule has 0 radical (unpaired) electrons. The van der Waals surface area contributed by atoms with E-state index in [4.69, 9.17) is 0 Å². The zero-order valence-electron chi connectivity index (χ0n) is 12.9. The number of hydrogen-bond donors (Lipinski definition) is 0. The van der Waals surface area contributed by atoms with Crippen LogP contribution in [0.4, 0.5) is 13.2 Å². The lowest BCUT2D eigenvalue weighted by Crippen LogP contribution is -2.11. The second-order valence-corrected chi connectivity index (χ2v) is 5.92. The maximum absolute atomic E-state index is 12.9. The number of halogens is 3. The van der Waals surface area contributed by atoms with Gasteiger partial charge in [-0.1, -0.05) is 25.1 Å². The van der Waals surface area contributed by atoms with Crippen molar-refractivity contribution >= 4 is 16.8 Å². The van der Waals surface area contributed by atoms with Gasteiger partial charge in [-0.15, -0.1) is 11.8 Å². The van der Waals surface area contributed by atoms with Gasteiger partial charge in [0.25, 0.3) is 0 Å². The van der Waals surface area contributed by atoms with Gasteiger partial charge < -0.3 is 0 Å². The molecular weight excluding hydrogens is 309 g/mol. The molecule has 0 saturated heterocycles. The van der Waals surface area contributed by atoms with Crippen molar-refractivity contribution < 1.29 is 13.2 Å². The first-order chi connectivity index (χ1) is 10.2. The largest absolute Gasteiger partial charge is 0.433 e. The third-order valence-corrected chi connectivity index (χ3v) is 3.67. The van der Waals surface area contributed by atoms with Gasteiger partial charge in [-0.2, -0.15) is 13.2 Å². The molecule has 0 bridgehead atoms. The Labute approximate surface area is 133 Å². The SMILES string of the molecule is C=C(C)/C=C(\N=C(C)SCc1cccnc1CC)C(F)(F)F. The van der Waals surface area contributed by atoms with E-state index in [1.54, 1.807) is 13.1 Å². The van der Waals surface area contributed by atoms with Crippen molar-refractivity contribution in [2.75, 3.05) is 0 Å². The van der Waals surface area contributed by atoms with Crippen molar-refractivity contribution in [3.63, 3.8) is 0 Å². The van der Waals surface area contributed by atoms with Crippen LogP contribution < -0.4 is 0 Å². The number of aliphatic imine (C=N–C) groups is 1. The van der Waals surface area contributed by atoms with Crippen LogP contribution in [0.15, 0.2) is 47.2 Å². The topological polar surface area (TPSA) is 25.2 Å². The molecule has 6 heteroatoms. The summed E-state index contributed by atoms with van der Waals surface area (Å²) in [6.07, 6.45) is -1.03. The first-order valence-electron chi connectivity index (χ1n) is 6.79. The smallest absolute Gasteiger partial charge is 0.261 e. The zero-order valence-corrected chi connectivity index (χ0v) is 13.7. The summed E-state index contributed by atoms with van der Waals surface area (Å²) in [7, 11) is 0. The highest BCUT2D eigenvalue weighted by Gasteiger charge is 2.33. The fourth-order valence-electron chi connectivity index (χ4n) is 1.72. The van der Waals surface area contributed by atoms with Gasteiger partial charge in [0.15, 0.2) is 0 Å². The minimum absolute atomic E-state index is 0.314. The van der Waals surface area contributed by atoms with E-state index in [1.807, 2.05) is 19.1 Å². The molecule has 0 unspecified atom stereocenters. The van der Waals surface area contributed by atoms with Gasteiger partial charge in [-0.3, -0.25) is 4.98 Å². The first kappa shape index (κ1) is 18.5. The molecule has 0 aromatic carbocycles. The van der Waals surface area contributed by atoms with Gasteiger partial charge in [-0.25, -0.2) is 4.99 Å². The summed E-state index contributed by atoms with van der Waals surface area (Å²) >= 11 is 1.27.